The van der Waals surface area contributed by atoms with Crippen LogP contribution in [0.25, 0.3) is 0 Å². The van der Waals surface area contributed by atoms with Gasteiger partial charge < -0.3 is 20.1 Å². The van der Waals surface area contributed by atoms with Crippen LogP contribution in [0.5, 0.6) is 0 Å². The molecule has 0 aliphatic carbocycles. The average molecular weight is 176 g/mol. The molecule has 12 heavy (non-hydrogen) atoms. The summed E-state index contributed by atoms with van der Waals surface area (Å²) in [6, 6.07) is 0. The van der Waals surface area contributed by atoms with Gasteiger partial charge in [0.25, 0.3) is 0 Å². The van der Waals surface area contributed by atoms with Crippen molar-refractivity contribution in [3.8, 4) is 0 Å². The number of aliphatic hydroxyl groups is 3. The van der Waals surface area contributed by atoms with Crippen LogP contribution in [0.4, 0.5) is 0 Å². The van der Waals surface area contributed by atoms with Gasteiger partial charge in [-0.1, -0.05) is 13.8 Å². The van der Waals surface area contributed by atoms with E-state index in [9.17, 15) is 10.2 Å². The van der Waals surface area contributed by atoms with Crippen LogP contribution in [-0.4, -0.2) is 40.4 Å². The van der Waals surface area contributed by atoms with Crippen molar-refractivity contribution in [3.63, 3.8) is 0 Å². The summed E-state index contributed by atoms with van der Waals surface area (Å²) in [6.45, 7) is 3.39. The van der Waals surface area contributed by atoms with Gasteiger partial charge in [-0.25, -0.2) is 0 Å². The molecule has 1 aliphatic rings. The predicted molar refractivity (Wildman–Crippen MR) is 42.3 cm³/mol. The second-order valence-electron chi connectivity index (χ2n) is 3.46. The predicted octanol–water partition coefficient (Wildman–Crippen LogP) is -0.671. The minimum atomic E-state index is -0.874. The third kappa shape index (κ3) is 1.61. The minimum Gasteiger partial charge on any atom is -0.394 e. The van der Waals surface area contributed by atoms with Gasteiger partial charge in [0.15, 0.2) is 6.29 Å². The molecule has 1 heterocycles. The number of hydrogen-bond acceptors (Lipinski definition) is 4. The Morgan fingerprint density at radius 2 is 1.75 bits per heavy atom. The normalized spacial score (nSPS) is 49.2. The van der Waals surface area contributed by atoms with Gasteiger partial charge in [0.05, 0.1) is 12.7 Å². The molecule has 0 saturated carbocycles. The van der Waals surface area contributed by atoms with Crippen LogP contribution in [0.1, 0.15) is 13.8 Å². The molecule has 1 rings (SSSR count). The molecular weight excluding hydrogens is 160 g/mol. The SMILES string of the molecule is CC1C(O)OC(CO)C(O)C1C. The summed E-state index contributed by atoms with van der Waals surface area (Å²) in [7, 11) is 0. The largest absolute Gasteiger partial charge is 0.394 e. The fraction of sp³-hybridized carbons (Fsp3) is 1.00. The van der Waals surface area contributed by atoms with Crippen LogP contribution >= 0.6 is 0 Å². The summed E-state index contributed by atoms with van der Waals surface area (Å²) in [6.07, 6.45) is -2.21. The fourth-order valence-corrected chi connectivity index (χ4v) is 1.44. The van der Waals surface area contributed by atoms with Crippen LogP contribution in [0.15, 0.2) is 0 Å². The third-order valence-electron chi connectivity index (χ3n) is 2.69. The lowest BCUT2D eigenvalue weighted by Crippen LogP contribution is -2.50. The number of rotatable bonds is 1. The van der Waals surface area contributed by atoms with Gasteiger partial charge in [-0.05, 0) is 5.92 Å². The molecule has 1 fully saturated rings. The second-order valence-corrected chi connectivity index (χ2v) is 3.46. The molecule has 1 aliphatic heterocycles. The Morgan fingerprint density at radius 1 is 1.17 bits per heavy atom. The third-order valence-corrected chi connectivity index (χ3v) is 2.69. The highest BCUT2D eigenvalue weighted by atomic mass is 16.6. The summed E-state index contributed by atoms with van der Waals surface area (Å²) in [5.74, 6) is -0.145. The molecule has 0 radical (unpaired) electrons. The number of aliphatic hydroxyl groups excluding tert-OH is 3. The Bertz CT molecular complexity index is 145. The maximum absolute atomic E-state index is 9.53. The first kappa shape index (κ1) is 9.92. The fourth-order valence-electron chi connectivity index (χ4n) is 1.44. The van der Waals surface area contributed by atoms with E-state index in [1.54, 1.807) is 0 Å². The van der Waals surface area contributed by atoms with E-state index in [4.69, 9.17) is 9.84 Å². The van der Waals surface area contributed by atoms with Crippen molar-refractivity contribution in [1.29, 1.82) is 0 Å². The lowest BCUT2D eigenvalue weighted by atomic mass is 9.85. The summed E-state index contributed by atoms with van der Waals surface area (Å²) in [5, 5.41) is 27.6. The van der Waals surface area contributed by atoms with E-state index in [2.05, 4.69) is 0 Å². The molecule has 0 spiro atoms. The van der Waals surface area contributed by atoms with Gasteiger partial charge in [-0.2, -0.15) is 0 Å². The second kappa shape index (κ2) is 3.70. The van der Waals surface area contributed by atoms with Crippen LogP contribution in [-0.2, 0) is 4.74 Å². The smallest absolute Gasteiger partial charge is 0.158 e. The first-order valence-electron chi connectivity index (χ1n) is 4.20. The van der Waals surface area contributed by atoms with Crippen molar-refractivity contribution >= 4 is 0 Å². The van der Waals surface area contributed by atoms with E-state index in [0.717, 1.165) is 0 Å². The van der Waals surface area contributed by atoms with Crippen LogP contribution in [0, 0.1) is 11.8 Å². The van der Waals surface area contributed by atoms with Gasteiger partial charge in [0.1, 0.15) is 6.10 Å². The highest BCUT2D eigenvalue weighted by Gasteiger charge is 2.39. The van der Waals surface area contributed by atoms with Crippen LogP contribution in [0.3, 0.4) is 0 Å². The van der Waals surface area contributed by atoms with E-state index in [1.807, 2.05) is 13.8 Å². The molecule has 0 bridgehead atoms. The molecule has 0 amide bonds. The van der Waals surface area contributed by atoms with Crippen LogP contribution in [0.2, 0.25) is 0 Å². The van der Waals surface area contributed by atoms with E-state index in [1.165, 1.54) is 0 Å². The van der Waals surface area contributed by atoms with Crippen molar-refractivity contribution in [1.82, 2.24) is 0 Å². The standard InChI is InChI=1S/C8H16O4/c1-4-5(2)8(11)12-6(3-9)7(4)10/h4-11H,3H2,1-2H3. The molecular formula is C8H16O4. The lowest BCUT2D eigenvalue weighted by molar-refractivity contribution is -0.249. The maximum atomic E-state index is 9.53. The summed E-state index contributed by atoms with van der Waals surface area (Å²) in [5.41, 5.74) is 0. The van der Waals surface area contributed by atoms with Crippen molar-refractivity contribution in [2.24, 2.45) is 11.8 Å². The first-order chi connectivity index (χ1) is 5.57. The topological polar surface area (TPSA) is 69.9 Å². The van der Waals surface area contributed by atoms with E-state index in [-0.39, 0.29) is 18.4 Å². The Hall–Kier alpha value is -0.160. The zero-order valence-corrected chi connectivity index (χ0v) is 7.34. The molecule has 4 heteroatoms. The van der Waals surface area contributed by atoms with E-state index < -0.39 is 18.5 Å². The van der Waals surface area contributed by atoms with Gasteiger partial charge in [-0.15, -0.1) is 0 Å². The molecule has 5 unspecified atom stereocenters. The molecule has 0 aromatic rings. The highest BCUT2D eigenvalue weighted by molar-refractivity contribution is 4.83. The Morgan fingerprint density at radius 3 is 2.25 bits per heavy atom. The molecule has 5 atom stereocenters. The number of hydrogen-bond donors (Lipinski definition) is 3. The summed E-state index contributed by atoms with van der Waals surface area (Å²) in [4.78, 5) is 0. The maximum Gasteiger partial charge on any atom is 0.158 e. The van der Waals surface area contributed by atoms with Crippen molar-refractivity contribution in [2.75, 3.05) is 6.61 Å². The van der Waals surface area contributed by atoms with E-state index >= 15 is 0 Å². The average Bonchev–Trinajstić information content (AvgIpc) is 2.08. The van der Waals surface area contributed by atoms with Crippen LogP contribution < -0.4 is 0 Å². The Balaban J connectivity index is 2.63. The molecule has 0 aromatic heterocycles. The molecule has 1 saturated heterocycles. The van der Waals surface area contributed by atoms with Crippen molar-refractivity contribution < 1.29 is 20.1 Å². The summed E-state index contributed by atoms with van der Waals surface area (Å²) >= 11 is 0. The Kier molecular flexibility index (Phi) is 3.06. The monoisotopic (exact) mass is 176 g/mol. The highest BCUT2D eigenvalue weighted by Crippen LogP contribution is 2.28. The van der Waals surface area contributed by atoms with Crippen molar-refractivity contribution in [3.05, 3.63) is 0 Å². The molecule has 0 aromatic carbocycles. The first-order valence-corrected chi connectivity index (χ1v) is 4.20. The van der Waals surface area contributed by atoms with Gasteiger partial charge in [0, 0.05) is 5.92 Å². The van der Waals surface area contributed by atoms with Gasteiger partial charge in [-0.3, -0.25) is 0 Å². The Labute approximate surface area is 71.8 Å². The zero-order valence-electron chi connectivity index (χ0n) is 7.34. The van der Waals surface area contributed by atoms with Gasteiger partial charge in [0.2, 0.25) is 0 Å². The quantitative estimate of drug-likeness (QED) is 0.495. The minimum absolute atomic E-state index is 0.0501. The lowest BCUT2D eigenvalue weighted by Gasteiger charge is -2.39. The summed E-state index contributed by atoms with van der Waals surface area (Å²) < 4.78 is 4.99. The number of ether oxygens (including phenoxy) is 1. The van der Waals surface area contributed by atoms with Crippen molar-refractivity contribution in [2.45, 2.75) is 32.3 Å². The van der Waals surface area contributed by atoms with Gasteiger partial charge >= 0.3 is 0 Å². The van der Waals surface area contributed by atoms with E-state index in [0.29, 0.717) is 0 Å². The molecule has 4 nitrogen and oxygen atoms in total. The molecule has 72 valence electrons. The molecule has 3 N–H and O–H groups in total. The zero-order chi connectivity index (χ0) is 9.30.